The molecule has 0 radical (unpaired) electrons. The summed E-state index contributed by atoms with van der Waals surface area (Å²) in [5.74, 6) is -4.44. The molecule has 400 valence electrons. The maximum atomic E-state index is 13.0. The van der Waals surface area contributed by atoms with Gasteiger partial charge in [0.25, 0.3) is 0 Å². The van der Waals surface area contributed by atoms with Crippen molar-refractivity contribution < 1.29 is 123 Å². The molecule has 0 aromatic heterocycles. The number of hydrogen-bond acceptors (Lipinski definition) is 24. The number of carboxylic acids is 1. The van der Waals surface area contributed by atoms with Crippen LogP contribution in [-0.2, 0) is 61.8 Å². The third kappa shape index (κ3) is 13.4. The highest BCUT2D eigenvalue weighted by molar-refractivity contribution is 5.90. The Labute approximate surface area is 402 Å². The quantitative estimate of drug-likeness (QED) is 0.0395. The number of ether oxygens (including phenoxy) is 10. The van der Waals surface area contributed by atoms with E-state index < -0.39 is 185 Å². The number of esters is 2. The second kappa shape index (κ2) is 24.6. The van der Waals surface area contributed by atoms with Crippen LogP contribution >= 0.6 is 0 Å². The minimum atomic E-state index is -1.89. The molecule has 25 heteroatoms. The van der Waals surface area contributed by atoms with Gasteiger partial charge in [0.15, 0.2) is 18.9 Å². The molecule has 12 N–H and O–H groups in total. The van der Waals surface area contributed by atoms with Crippen LogP contribution in [0.3, 0.4) is 0 Å². The Kier molecular flexibility index (Phi) is 19.4. The fourth-order valence-corrected chi connectivity index (χ4v) is 10.7. The molecule has 4 heterocycles. The number of aliphatic hydroxyl groups is 11. The molecule has 0 bridgehead atoms. The number of carboxylic acid groups (broad SMARTS) is 1. The van der Waals surface area contributed by atoms with Crippen LogP contribution in [-0.4, -0.2) is 241 Å². The third-order valence-electron chi connectivity index (χ3n) is 14.7. The number of aliphatic hydroxyl groups excluding tert-OH is 11. The topological polar surface area (TPSA) is 386 Å². The molecule has 3 aliphatic carbocycles. The number of carbonyl (C=O) groups is 3. The first kappa shape index (κ1) is 55.1. The molecule has 0 spiro atoms. The lowest BCUT2D eigenvalue weighted by molar-refractivity contribution is -0.373. The minimum Gasteiger partial charge on any atom is -0.481 e. The van der Waals surface area contributed by atoms with Gasteiger partial charge in [-0.15, -0.1) is 0 Å². The van der Waals surface area contributed by atoms with E-state index in [9.17, 15) is 70.6 Å². The van der Waals surface area contributed by atoms with E-state index in [2.05, 4.69) is 0 Å². The predicted molar refractivity (Wildman–Crippen MR) is 227 cm³/mol. The van der Waals surface area contributed by atoms with Crippen molar-refractivity contribution in [1.82, 2.24) is 0 Å². The van der Waals surface area contributed by atoms with Gasteiger partial charge in [-0.1, -0.05) is 6.08 Å². The van der Waals surface area contributed by atoms with E-state index in [1.165, 1.54) is 13.2 Å². The van der Waals surface area contributed by atoms with Gasteiger partial charge < -0.3 is 109 Å². The number of methoxy groups -OCH3 is 1. The van der Waals surface area contributed by atoms with E-state index in [-0.39, 0.29) is 31.1 Å². The van der Waals surface area contributed by atoms with E-state index >= 15 is 0 Å². The summed E-state index contributed by atoms with van der Waals surface area (Å²) in [5.41, 5.74) is 0. The maximum absolute atomic E-state index is 13.0. The molecule has 7 fully saturated rings. The number of allylic oxidation sites excluding steroid dienone is 1. The van der Waals surface area contributed by atoms with Crippen LogP contribution in [0.1, 0.15) is 70.6 Å². The Morgan fingerprint density at radius 3 is 1.94 bits per heavy atom. The number of rotatable bonds is 16. The molecule has 7 aliphatic rings. The molecule has 4 saturated heterocycles. The van der Waals surface area contributed by atoms with Crippen molar-refractivity contribution in [3.05, 3.63) is 12.2 Å². The second-order valence-electron chi connectivity index (χ2n) is 19.6. The number of carbonyl (C=O) groups excluding carboxylic acids is 2. The van der Waals surface area contributed by atoms with Crippen molar-refractivity contribution in [2.75, 3.05) is 26.9 Å². The van der Waals surface area contributed by atoms with Crippen molar-refractivity contribution in [1.29, 1.82) is 0 Å². The molecule has 70 heavy (non-hydrogen) atoms. The van der Waals surface area contributed by atoms with E-state index in [0.29, 0.717) is 44.9 Å². The van der Waals surface area contributed by atoms with Crippen LogP contribution in [0.15, 0.2) is 12.2 Å². The lowest BCUT2D eigenvalue weighted by Crippen LogP contribution is -2.65. The lowest BCUT2D eigenvalue weighted by Gasteiger charge is -2.52. The molecule has 0 aromatic carbocycles. The Hall–Kier alpha value is -2.61. The van der Waals surface area contributed by atoms with Crippen LogP contribution in [0.25, 0.3) is 0 Å². The van der Waals surface area contributed by atoms with Gasteiger partial charge in [0, 0.05) is 25.5 Å². The summed E-state index contributed by atoms with van der Waals surface area (Å²) in [7, 11) is 1.49. The SMILES string of the molecule is COC1CC(C=CC(=O)OCC2OC(OC3CC4C(OC5OC(COC(=O)CC(=O)O)C(O)C(O)C5O)CC(O)CC4OC3C3CCC(O)CC3)C(OC3OCC(O)C(O)C3O)C(O)C2O)CCC1O. The summed E-state index contributed by atoms with van der Waals surface area (Å²) in [4.78, 5) is 36.0. The van der Waals surface area contributed by atoms with E-state index in [1.807, 2.05) is 0 Å². The van der Waals surface area contributed by atoms with Gasteiger partial charge in [-0.05, 0) is 69.6 Å². The molecular formula is C45H70O25. The predicted octanol–water partition coefficient (Wildman–Crippen LogP) is -4.39. The monoisotopic (exact) mass is 1010 g/mol. The summed E-state index contributed by atoms with van der Waals surface area (Å²) in [6, 6.07) is 0. The first-order valence-electron chi connectivity index (χ1n) is 24.1. The third-order valence-corrected chi connectivity index (χ3v) is 14.7. The zero-order valence-electron chi connectivity index (χ0n) is 38.7. The smallest absolute Gasteiger partial charge is 0.330 e. The normalized spacial score (nSPS) is 47.0. The fourth-order valence-electron chi connectivity index (χ4n) is 10.7. The Bertz CT molecular complexity index is 1730. The van der Waals surface area contributed by atoms with Gasteiger partial charge in [0.1, 0.15) is 86.8 Å². The number of hydrogen-bond donors (Lipinski definition) is 12. The molecule has 23 unspecified atom stereocenters. The Morgan fingerprint density at radius 1 is 0.586 bits per heavy atom. The van der Waals surface area contributed by atoms with Crippen LogP contribution in [0.4, 0.5) is 0 Å². The van der Waals surface area contributed by atoms with Gasteiger partial charge in [-0.3, -0.25) is 9.59 Å². The van der Waals surface area contributed by atoms with Crippen LogP contribution in [0, 0.1) is 17.8 Å². The Balaban J connectivity index is 1.12. The average Bonchev–Trinajstić information content (AvgIpc) is 3.32. The number of aliphatic carboxylic acids is 1. The van der Waals surface area contributed by atoms with Gasteiger partial charge in [-0.2, -0.15) is 0 Å². The number of fused-ring (bicyclic) bond motifs is 1. The zero-order chi connectivity index (χ0) is 50.6. The fraction of sp³-hybridized carbons (Fsp3) is 0.889. The summed E-state index contributed by atoms with van der Waals surface area (Å²) in [5, 5.41) is 128. The first-order chi connectivity index (χ1) is 33.3. The molecule has 4 aliphatic heterocycles. The first-order valence-corrected chi connectivity index (χ1v) is 24.1. The highest BCUT2D eigenvalue weighted by Crippen LogP contribution is 2.45. The second-order valence-corrected chi connectivity index (χ2v) is 19.6. The van der Waals surface area contributed by atoms with Crippen molar-refractivity contribution in [2.24, 2.45) is 17.8 Å². The largest absolute Gasteiger partial charge is 0.481 e. The van der Waals surface area contributed by atoms with Crippen LogP contribution < -0.4 is 0 Å². The van der Waals surface area contributed by atoms with Gasteiger partial charge in [0.2, 0.25) is 0 Å². The molecule has 0 aromatic rings. The van der Waals surface area contributed by atoms with Crippen molar-refractivity contribution in [3.63, 3.8) is 0 Å². The minimum absolute atomic E-state index is 0.0553. The molecule has 7 rings (SSSR count). The summed E-state index contributed by atoms with van der Waals surface area (Å²) < 4.78 is 59.1. The molecule has 23 atom stereocenters. The van der Waals surface area contributed by atoms with Crippen molar-refractivity contribution >= 4 is 17.9 Å². The van der Waals surface area contributed by atoms with Gasteiger partial charge >= 0.3 is 17.9 Å². The van der Waals surface area contributed by atoms with Gasteiger partial charge in [-0.25, -0.2) is 4.79 Å². The Morgan fingerprint density at radius 2 is 1.24 bits per heavy atom. The van der Waals surface area contributed by atoms with Crippen LogP contribution in [0.2, 0.25) is 0 Å². The van der Waals surface area contributed by atoms with E-state index in [4.69, 9.17) is 52.5 Å². The lowest BCUT2D eigenvalue weighted by atomic mass is 9.73. The highest BCUT2D eigenvalue weighted by Gasteiger charge is 2.55. The van der Waals surface area contributed by atoms with Crippen LogP contribution in [0.5, 0.6) is 0 Å². The summed E-state index contributed by atoms with van der Waals surface area (Å²) in [6.07, 6.45) is -24.7. The van der Waals surface area contributed by atoms with E-state index in [1.54, 1.807) is 6.08 Å². The zero-order valence-corrected chi connectivity index (χ0v) is 38.7. The highest BCUT2D eigenvalue weighted by atomic mass is 16.8. The maximum Gasteiger partial charge on any atom is 0.330 e. The standard InChI is InChI=1S/C45H70O25/c1-61-27-10-18(2-8-23(27)48)3-9-32(52)62-16-30-36(56)38(58)42(70-43-39(59)34(54)24(49)15-64-43)45(69-30)67-28-13-22-25(65-41(28)19-4-6-20(46)7-5-19)11-21(47)12-26(22)66-44-40(60)37(57)35(55)29(68-44)17-63-33(53)14-31(50)51/h3,9,18-30,34-49,54-60H,2,4-8,10-17H2,1H3,(H,50,51). The van der Waals surface area contributed by atoms with Crippen molar-refractivity contribution in [3.8, 4) is 0 Å². The summed E-state index contributed by atoms with van der Waals surface area (Å²) in [6.45, 7) is -1.78. The average molecular weight is 1010 g/mol. The summed E-state index contributed by atoms with van der Waals surface area (Å²) >= 11 is 0. The van der Waals surface area contributed by atoms with E-state index in [0.717, 1.165) is 0 Å². The van der Waals surface area contributed by atoms with Gasteiger partial charge in [0.05, 0.1) is 55.4 Å². The molecular weight excluding hydrogens is 940 g/mol. The van der Waals surface area contributed by atoms with Crippen molar-refractivity contribution in [2.45, 2.75) is 205 Å². The molecule has 25 nitrogen and oxygen atoms in total. The molecule has 0 amide bonds. The molecule has 3 saturated carbocycles.